The summed E-state index contributed by atoms with van der Waals surface area (Å²) in [6, 6.07) is 9.43. The molecule has 0 spiro atoms. The summed E-state index contributed by atoms with van der Waals surface area (Å²) >= 11 is 0. The maximum atomic E-state index is 13.1. The third-order valence-corrected chi connectivity index (χ3v) is 5.25. The molecule has 2 N–H and O–H groups in total. The molecule has 9 heteroatoms. The van der Waals surface area contributed by atoms with E-state index in [-0.39, 0.29) is 36.6 Å². The molecule has 3 heterocycles. The van der Waals surface area contributed by atoms with E-state index < -0.39 is 0 Å². The molecule has 0 radical (unpaired) electrons. The van der Waals surface area contributed by atoms with E-state index in [2.05, 4.69) is 25.5 Å². The number of hydrogen-bond acceptors (Lipinski definition) is 5. The number of halogens is 1. The van der Waals surface area contributed by atoms with Crippen LogP contribution in [-0.2, 0) is 11.2 Å². The van der Waals surface area contributed by atoms with Crippen LogP contribution in [0.1, 0.15) is 52.9 Å². The molecule has 1 aliphatic heterocycles. The fourth-order valence-corrected chi connectivity index (χ4v) is 3.69. The molecule has 3 aromatic rings. The number of H-pyrrole nitrogens is 1. The third kappa shape index (κ3) is 5.11. The summed E-state index contributed by atoms with van der Waals surface area (Å²) in [5, 5.41) is 9.99. The highest BCUT2D eigenvalue weighted by Crippen LogP contribution is 2.30. The molecule has 0 aliphatic carbocycles. The lowest BCUT2D eigenvalue weighted by molar-refractivity contribution is -0.132. The molecule has 1 atom stereocenters. The first-order chi connectivity index (χ1) is 15.1. The lowest BCUT2D eigenvalue weighted by atomic mass is 10.1. The Hall–Kier alpha value is -3.62. The number of benzene rings is 1. The molecule has 1 fully saturated rings. The van der Waals surface area contributed by atoms with Crippen LogP contribution in [0.2, 0.25) is 0 Å². The van der Waals surface area contributed by atoms with Crippen LogP contribution in [0.15, 0.2) is 48.8 Å². The number of nitrogens with zero attached hydrogens (tertiary/aromatic N) is 4. The van der Waals surface area contributed by atoms with Gasteiger partial charge in [-0.05, 0) is 42.7 Å². The Balaban J connectivity index is 1.32. The maximum absolute atomic E-state index is 13.1. The van der Waals surface area contributed by atoms with Crippen LogP contribution in [0.5, 0.6) is 0 Å². The number of aromatic nitrogens is 4. The Kier molecular flexibility index (Phi) is 6.30. The van der Waals surface area contributed by atoms with E-state index in [1.165, 1.54) is 18.3 Å². The van der Waals surface area contributed by atoms with Gasteiger partial charge in [0.05, 0.1) is 11.6 Å². The van der Waals surface area contributed by atoms with Crippen molar-refractivity contribution in [2.45, 2.75) is 31.7 Å². The number of carbonyl (C=O) groups excluding carboxylic acids is 2. The van der Waals surface area contributed by atoms with Gasteiger partial charge in [0.25, 0.3) is 5.91 Å². The van der Waals surface area contributed by atoms with Crippen LogP contribution in [0.4, 0.5) is 4.39 Å². The second-order valence-electron chi connectivity index (χ2n) is 7.44. The molecular formula is C22H23FN6O2. The maximum Gasteiger partial charge on any atom is 0.252 e. The minimum absolute atomic E-state index is 0.0427. The molecule has 8 nitrogen and oxygen atoms in total. The molecule has 160 valence electrons. The average Bonchev–Trinajstić information content (AvgIpc) is 3.45. The molecule has 0 unspecified atom stereocenters. The van der Waals surface area contributed by atoms with Crippen LogP contribution in [0, 0.1) is 5.82 Å². The number of rotatable bonds is 7. The van der Waals surface area contributed by atoms with E-state index in [1.54, 1.807) is 35.4 Å². The first-order valence-corrected chi connectivity index (χ1v) is 10.2. The number of aromatic amines is 1. The average molecular weight is 422 g/mol. The van der Waals surface area contributed by atoms with Crippen molar-refractivity contribution in [3.63, 3.8) is 0 Å². The summed E-state index contributed by atoms with van der Waals surface area (Å²) in [6.07, 6.45) is 5.47. The monoisotopic (exact) mass is 422 g/mol. The van der Waals surface area contributed by atoms with Crippen LogP contribution in [0.3, 0.4) is 0 Å². The van der Waals surface area contributed by atoms with Crippen molar-refractivity contribution < 1.29 is 14.0 Å². The van der Waals surface area contributed by atoms with Gasteiger partial charge in [-0.2, -0.15) is 5.10 Å². The molecule has 31 heavy (non-hydrogen) atoms. The smallest absolute Gasteiger partial charge is 0.252 e. The van der Waals surface area contributed by atoms with E-state index >= 15 is 0 Å². The summed E-state index contributed by atoms with van der Waals surface area (Å²) < 4.78 is 13.1. The highest BCUT2D eigenvalue weighted by atomic mass is 19.1. The Morgan fingerprint density at radius 3 is 2.84 bits per heavy atom. The predicted octanol–water partition coefficient (Wildman–Crippen LogP) is 2.41. The molecule has 0 bridgehead atoms. The number of nitrogens with one attached hydrogen (secondary N) is 2. The van der Waals surface area contributed by atoms with Gasteiger partial charge in [0.15, 0.2) is 5.82 Å². The van der Waals surface area contributed by atoms with E-state index in [9.17, 15) is 14.0 Å². The summed E-state index contributed by atoms with van der Waals surface area (Å²) in [5.41, 5.74) is 1.39. The van der Waals surface area contributed by atoms with Gasteiger partial charge in [0.1, 0.15) is 11.6 Å². The van der Waals surface area contributed by atoms with Crippen molar-refractivity contribution in [3.05, 3.63) is 77.4 Å². The fraction of sp³-hybridized carbons (Fsp3) is 0.318. The molecule has 4 rings (SSSR count). The molecule has 1 aromatic carbocycles. The zero-order valence-electron chi connectivity index (χ0n) is 16.9. The second kappa shape index (κ2) is 9.46. The van der Waals surface area contributed by atoms with E-state index in [0.717, 1.165) is 18.4 Å². The first kappa shape index (κ1) is 20.6. The zero-order valence-corrected chi connectivity index (χ0v) is 16.9. The van der Waals surface area contributed by atoms with Crippen molar-refractivity contribution in [1.82, 2.24) is 30.4 Å². The van der Waals surface area contributed by atoms with Gasteiger partial charge in [-0.3, -0.25) is 19.7 Å². The van der Waals surface area contributed by atoms with Crippen LogP contribution < -0.4 is 5.32 Å². The molecule has 1 saturated heterocycles. The number of hydrogen-bond donors (Lipinski definition) is 2. The van der Waals surface area contributed by atoms with Gasteiger partial charge in [-0.15, -0.1) is 0 Å². The number of likely N-dealkylation sites (tertiary alicyclic amines) is 1. The summed E-state index contributed by atoms with van der Waals surface area (Å²) in [7, 11) is 0. The summed E-state index contributed by atoms with van der Waals surface area (Å²) in [4.78, 5) is 35.1. The van der Waals surface area contributed by atoms with Gasteiger partial charge in [-0.1, -0.05) is 12.1 Å². The van der Waals surface area contributed by atoms with Crippen LogP contribution in [0.25, 0.3) is 0 Å². The molecular weight excluding hydrogens is 399 g/mol. The van der Waals surface area contributed by atoms with E-state index in [1.807, 2.05) is 0 Å². The van der Waals surface area contributed by atoms with E-state index in [0.29, 0.717) is 30.2 Å². The van der Waals surface area contributed by atoms with Gasteiger partial charge in [-0.25, -0.2) is 9.37 Å². The number of amides is 2. The summed E-state index contributed by atoms with van der Waals surface area (Å²) in [6.45, 7) is 0.890. The largest absolute Gasteiger partial charge is 0.351 e. The number of carbonyl (C=O) groups is 2. The minimum atomic E-state index is -0.279. The minimum Gasteiger partial charge on any atom is -0.351 e. The Morgan fingerprint density at radius 2 is 2.06 bits per heavy atom. The van der Waals surface area contributed by atoms with Gasteiger partial charge in [0.2, 0.25) is 5.91 Å². The fourth-order valence-electron chi connectivity index (χ4n) is 3.69. The van der Waals surface area contributed by atoms with Crippen molar-refractivity contribution in [1.29, 1.82) is 0 Å². The molecule has 1 aliphatic rings. The van der Waals surface area contributed by atoms with Crippen molar-refractivity contribution >= 4 is 11.8 Å². The van der Waals surface area contributed by atoms with Crippen molar-refractivity contribution in [2.75, 3.05) is 13.1 Å². The second-order valence-corrected chi connectivity index (χ2v) is 7.44. The quantitative estimate of drug-likeness (QED) is 0.609. The Morgan fingerprint density at radius 1 is 1.23 bits per heavy atom. The highest BCUT2D eigenvalue weighted by molar-refractivity contribution is 5.94. The number of pyridine rings is 1. The molecule has 2 aromatic heterocycles. The van der Waals surface area contributed by atoms with Crippen molar-refractivity contribution in [2.24, 2.45) is 0 Å². The van der Waals surface area contributed by atoms with Crippen molar-refractivity contribution in [3.8, 4) is 0 Å². The van der Waals surface area contributed by atoms with Gasteiger partial charge >= 0.3 is 0 Å². The molecule has 0 saturated carbocycles. The molecule has 2 amide bonds. The normalized spacial score (nSPS) is 15.8. The lowest BCUT2D eigenvalue weighted by Gasteiger charge is -2.22. The van der Waals surface area contributed by atoms with E-state index in [4.69, 9.17) is 0 Å². The predicted molar refractivity (Wildman–Crippen MR) is 110 cm³/mol. The van der Waals surface area contributed by atoms with Crippen LogP contribution >= 0.6 is 0 Å². The third-order valence-electron chi connectivity index (χ3n) is 5.25. The SMILES string of the molecule is O=C(NCCC(=O)N1CCC[C@@H]1c1n[nH]c(Cc2ccc(F)cc2)n1)c1cccnc1. The van der Waals surface area contributed by atoms with Gasteiger partial charge in [0, 0.05) is 38.3 Å². The Bertz CT molecular complexity index is 1040. The summed E-state index contributed by atoms with van der Waals surface area (Å²) in [5.74, 6) is 0.683. The standard InChI is InChI=1S/C22H23FN6O2/c23-17-7-5-15(6-8-17)13-19-26-21(28-27-19)18-4-2-12-29(18)20(30)9-11-25-22(31)16-3-1-10-24-14-16/h1,3,5-8,10,14,18H,2,4,9,11-13H2,(H,25,31)(H,26,27,28)/t18-/m1/s1. The van der Waals surface area contributed by atoms with Gasteiger partial charge < -0.3 is 10.2 Å². The zero-order chi connectivity index (χ0) is 21.6. The van der Waals surface area contributed by atoms with Crippen LogP contribution in [-0.4, -0.2) is 50.0 Å². The Labute approximate surface area is 178 Å². The lowest BCUT2D eigenvalue weighted by Crippen LogP contribution is -2.34. The first-order valence-electron chi connectivity index (χ1n) is 10.2. The topological polar surface area (TPSA) is 104 Å². The highest BCUT2D eigenvalue weighted by Gasteiger charge is 2.32.